The molecule has 1 aliphatic rings. The van der Waals surface area contributed by atoms with Gasteiger partial charge in [-0.2, -0.15) is 4.98 Å². The normalized spacial score (nSPS) is 20.5. The Morgan fingerprint density at radius 2 is 1.95 bits per heavy atom. The van der Waals surface area contributed by atoms with Crippen molar-refractivity contribution >= 4 is 11.8 Å². The summed E-state index contributed by atoms with van der Waals surface area (Å²) >= 11 is 0. The predicted molar refractivity (Wildman–Crippen MR) is 87.7 cm³/mol. The van der Waals surface area contributed by atoms with Crippen LogP contribution in [0.25, 0.3) is 0 Å². The molecule has 1 fully saturated rings. The number of aromatic nitrogens is 2. The van der Waals surface area contributed by atoms with Crippen molar-refractivity contribution in [1.82, 2.24) is 9.97 Å². The van der Waals surface area contributed by atoms with Crippen molar-refractivity contribution in [3.8, 4) is 0 Å². The number of hydrogen-bond acceptors (Lipinski definition) is 5. The third-order valence-electron chi connectivity index (χ3n) is 4.34. The van der Waals surface area contributed by atoms with Crippen LogP contribution in [0.3, 0.4) is 0 Å². The number of rotatable bonds is 4. The number of hydrogen-bond donors (Lipinski definition) is 3. The van der Waals surface area contributed by atoms with Gasteiger partial charge in [0.15, 0.2) is 0 Å². The Hall–Kier alpha value is -2.14. The second-order valence-electron chi connectivity index (χ2n) is 6.13. The van der Waals surface area contributed by atoms with Crippen LogP contribution >= 0.6 is 0 Å². The van der Waals surface area contributed by atoms with Crippen molar-refractivity contribution in [3.05, 3.63) is 46.6 Å². The Bertz CT molecular complexity index is 680. The summed E-state index contributed by atoms with van der Waals surface area (Å²) in [6, 6.07) is 8.36. The molecule has 0 amide bonds. The number of nitrogens with two attached hydrogens (primary N) is 1. The number of nitrogens with zero attached hydrogens (tertiary/aromatic N) is 2. The molecule has 0 spiro atoms. The molecule has 1 aromatic heterocycles. The molecule has 3 rings (SSSR count). The second-order valence-corrected chi connectivity index (χ2v) is 6.13. The first kappa shape index (κ1) is 14.8. The van der Waals surface area contributed by atoms with Gasteiger partial charge in [0.05, 0.1) is 11.8 Å². The van der Waals surface area contributed by atoms with Gasteiger partial charge in [0.2, 0.25) is 5.95 Å². The van der Waals surface area contributed by atoms with E-state index in [4.69, 9.17) is 5.73 Å². The molecule has 0 aliphatic heterocycles. The number of aliphatic hydroxyl groups excluding tert-OH is 1. The van der Waals surface area contributed by atoms with E-state index in [1.165, 1.54) is 16.7 Å². The summed E-state index contributed by atoms with van der Waals surface area (Å²) in [6.07, 6.45) is 1.31. The molecule has 0 radical (unpaired) electrons. The Balaban J connectivity index is 1.70. The van der Waals surface area contributed by atoms with E-state index in [1.54, 1.807) is 0 Å². The van der Waals surface area contributed by atoms with Gasteiger partial charge in [-0.3, -0.25) is 0 Å². The zero-order valence-electron chi connectivity index (χ0n) is 13.0. The average molecular weight is 298 g/mol. The van der Waals surface area contributed by atoms with E-state index in [1.807, 2.05) is 6.07 Å². The van der Waals surface area contributed by atoms with Crippen molar-refractivity contribution < 1.29 is 5.11 Å². The maximum absolute atomic E-state index is 9.43. The lowest BCUT2D eigenvalue weighted by Gasteiger charge is -2.30. The molecule has 1 heterocycles. The number of anilines is 2. The smallest absolute Gasteiger partial charge is 0.222 e. The SMILES string of the molecule is Cc1ccc(CNc2cc(C3CC(O)C3)nc(N)n2)cc1C. The maximum Gasteiger partial charge on any atom is 0.222 e. The Labute approximate surface area is 130 Å². The van der Waals surface area contributed by atoms with Crippen molar-refractivity contribution in [1.29, 1.82) is 0 Å². The first-order valence-corrected chi connectivity index (χ1v) is 7.64. The Morgan fingerprint density at radius 1 is 1.18 bits per heavy atom. The van der Waals surface area contributed by atoms with Crippen LogP contribution in [-0.2, 0) is 6.54 Å². The third kappa shape index (κ3) is 3.20. The van der Waals surface area contributed by atoms with E-state index >= 15 is 0 Å². The maximum atomic E-state index is 9.43. The molecule has 0 bridgehead atoms. The van der Waals surface area contributed by atoms with Crippen molar-refractivity contribution in [2.45, 2.75) is 45.3 Å². The largest absolute Gasteiger partial charge is 0.393 e. The van der Waals surface area contributed by atoms with Gasteiger partial charge in [-0.05, 0) is 43.4 Å². The van der Waals surface area contributed by atoms with Gasteiger partial charge < -0.3 is 16.2 Å². The molecule has 5 nitrogen and oxygen atoms in total. The lowest BCUT2D eigenvalue weighted by atomic mass is 9.80. The minimum absolute atomic E-state index is 0.201. The molecule has 22 heavy (non-hydrogen) atoms. The van der Waals surface area contributed by atoms with E-state index in [9.17, 15) is 5.11 Å². The minimum atomic E-state index is -0.201. The van der Waals surface area contributed by atoms with Crippen LogP contribution < -0.4 is 11.1 Å². The highest BCUT2D eigenvalue weighted by Crippen LogP contribution is 2.36. The van der Waals surface area contributed by atoms with E-state index in [0.717, 1.165) is 24.4 Å². The number of nitrogens with one attached hydrogen (secondary N) is 1. The minimum Gasteiger partial charge on any atom is -0.393 e. The van der Waals surface area contributed by atoms with E-state index in [2.05, 4.69) is 47.3 Å². The zero-order valence-corrected chi connectivity index (χ0v) is 13.0. The summed E-state index contributed by atoms with van der Waals surface area (Å²) in [5.41, 5.74) is 10.5. The highest BCUT2D eigenvalue weighted by Gasteiger charge is 2.30. The molecule has 1 saturated carbocycles. The first-order chi connectivity index (χ1) is 10.5. The van der Waals surface area contributed by atoms with Crippen molar-refractivity contribution in [3.63, 3.8) is 0 Å². The fourth-order valence-electron chi connectivity index (χ4n) is 2.72. The van der Waals surface area contributed by atoms with Gasteiger partial charge >= 0.3 is 0 Å². The fraction of sp³-hybridized carbons (Fsp3) is 0.412. The van der Waals surface area contributed by atoms with Gasteiger partial charge in [-0.1, -0.05) is 18.2 Å². The van der Waals surface area contributed by atoms with Crippen molar-refractivity contribution in [2.24, 2.45) is 0 Å². The fourth-order valence-corrected chi connectivity index (χ4v) is 2.72. The first-order valence-electron chi connectivity index (χ1n) is 7.64. The molecule has 2 aromatic rings. The number of aryl methyl sites for hydroxylation is 2. The molecule has 4 N–H and O–H groups in total. The lowest BCUT2D eigenvalue weighted by Crippen LogP contribution is -2.27. The van der Waals surface area contributed by atoms with Crippen LogP contribution in [0.1, 0.15) is 41.1 Å². The predicted octanol–water partition coefficient (Wildman–Crippen LogP) is 2.53. The summed E-state index contributed by atoms with van der Waals surface area (Å²) in [6.45, 7) is 4.92. The quantitative estimate of drug-likeness (QED) is 0.808. The van der Waals surface area contributed by atoms with Crippen molar-refractivity contribution in [2.75, 3.05) is 11.1 Å². The van der Waals surface area contributed by atoms with Gasteiger partial charge in [-0.15, -0.1) is 0 Å². The van der Waals surface area contributed by atoms with Crippen LogP contribution in [0, 0.1) is 13.8 Å². The molecular formula is C17H22N4O. The summed E-state index contributed by atoms with van der Waals surface area (Å²) in [7, 11) is 0. The second kappa shape index (κ2) is 5.93. The van der Waals surface area contributed by atoms with E-state index in [-0.39, 0.29) is 12.1 Å². The van der Waals surface area contributed by atoms with Gasteiger partial charge in [-0.25, -0.2) is 4.98 Å². The topological polar surface area (TPSA) is 84.1 Å². The third-order valence-corrected chi connectivity index (χ3v) is 4.34. The Kier molecular flexibility index (Phi) is 3.98. The summed E-state index contributed by atoms with van der Waals surface area (Å²) < 4.78 is 0. The van der Waals surface area contributed by atoms with Crippen LogP contribution in [0.2, 0.25) is 0 Å². The standard InChI is InChI=1S/C17H22N4O/c1-10-3-4-12(5-11(10)2)9-19-16-8-15(20-17(18)21-16)13-6-14(22)7-13/h3-5,8,13-14,22H,6-7,9H2,1-2H3,(H3,18,19,20,21). The van der Waals surface area contributed by atoms with Gasteiger partial charge in [0.25, 0.3) is 0 Å². The molecular weight excluding hydrogens is 276 g/mol. The number of aliphatic hydroxyl groups is 1. The summed E-state index contributed by atoms with van der Waals surface area (Å²) in [5.74, 6) is 1.31. The monoisotopic (exact) mass is 298 g/mol. The van der Waals surface area contributed by atoms with Crippen LogP contribution in [0.15, 0.2) is 24.3 Å². The molecule has 5 heteroatoms. The number of benzene rings is 1. The molecule has 0 unspecified atom stereocenters. The molecule has 0 atom stereocenters. The lowest BCUT2D eigenvalue weighted by molar-refractivity contribution is 0.0732. The highest BCUT2D eigenvalue weighted by molar-refractivity contribution is 5.43. The average Bonchev–Trinajstić information content (AvgIpc) is 2.44. The van der Waals surface area contributed by atoms with Crippen LogP contribution in [0.4, 0.5) is 11.8 Å². The molecule has 1 aliphatic carbocycles. The van der Waals surface area contributed by atoms with E-state index < -0.39 is 0 Å². The molecule has 0 saturated heterocycles. The Morgan fingerprint density at radius 3 is 2.64 bits per heavy atom. The van der Waals surface area contributed by atoms with Crippen LogP contribution in [0.5, 0.6) is 0 Å². The summed E-state index contributed by atoms with van der Waals surface area (Å²) in [4.78, 5) is 8.53. The summed E-state index contributed by atoms with van der Waals surface area (Å²) in [5, 5.41) is 12.7. The molecule has 116 valence electrons. The van der Waals surface area contributed by atoms with Gasteiger partial charge in [0.1, 0.15) is 5.82 Å². The van der Waals surface area contributed by atoms with Crippen LogP contribution in [-0.4, -0.2) is 21.2 Å². The van der Waals surface area contributed by atoms with Gasteiger partial charge in [0, 0.05) is 18.5 Å². The molecule has 1 aromatic carbocycles. The number of nitrogen functional groups attached to an aromatic ring is 1. The zero-order chi connectivity index (χ0) is 15.7. The highest BCUT2D eigenvalue weighted by atomic mass is 16.3. The van der Waals surface area contributed by atoms with E-state index in [0.29, 0.717) is 12.5 Å².